The van der Waals surface area contributed by atoms with Crippen molar-refractivity contribution in [3.8, 4) is 11.4 Å². The van der Waals surface area contributed by atoms with Crippen LogP contribution in [0.3, 0.4) is 0 Å². The maximum absolute atomic E-state index is 12.4. The summed E-state index contributed by atoms with van der Waals surface area (Å²) in [5, 5.41) is 6.26. The Bertz CT molecular complexity index is 1070. The first-order valence-electron chi connectivity index (χ1n) is 10.3. The number of pyridine rings is 1. The van der Waals surface area contributed by atoms with Crippen LogP contribution in [-0.4, -0.2) is 50.4 Å². The lowest BCUT2D eigenvalue weighted by Gasteiger charge is -2.21. The molecular formula is C23H25N7O. The van der Waals surface area contributed by atoms with E-state index in [9.17, 15) is 4.79 Å². The van der Waals surface area contributed by atoms with E-state index in [4.69, 9.17) is 0 Å². The predicted octanol–water partition coefficient (Wildman–Crippen LogP) is 2.73. The molecule has 3 heterocycles. The van der Waals surface area contributed by atoms with E-state index in [0.717, 1.165) is 35.2 Å². The van der Waals surface area contributed by atoms with Crippen LogP contribution in [0.1, 0.15) is 17.5 Å². The number of nitrogens with zero attached hydrogens (tertiary/aromatic N) is 5. The second-order valence-electron chi connectivity index (χ2n) is 7.45. The van der Waals surface area contributed by atoms with Gasteiger partial charge in [-0.15, -0.1) is 6.58 Å². The highest BCUT2D eigenvalue weighted by atomic mass is 16.2. The molecule has 4 rings (SSSR count). The minimum Gasteiger partial charge on any atom is -0.355 e. The molecule has 2 N–H and O–H groups in total. The number of rotatable bonds is 2. The van der Waals surface area contributed by atoms with Crippen molar-refractivity contribution in [3.63, 3.8) is 0 Å². The van der Waals surface area contributed by atoms with Crippen molar-refractivity contribution in [2.45, 2.75) is 19.4 Å². The van der Waals surface area contributed by atoms with Crippen LogP contribution in [0.15, 0.2) is 61.7 Å². The minimum absolute atomic E-state index is 0.0108. The molecule has 6 bridgehead atoms. The van der Waals surface area contributed by atoms with E-state index in [2.05, 4.69) is 42.0 Å². The first-order chi connectivity index (χ1) is 15.2. The fourth-order valence-corrected chi connectivity index (χ4v) is 3.52. The fourth-order valence-electron chi connectivity index (χ4n) is 3.52. The zero-order chi connectivity index (χ0) is 21.5. The van der Waals surface area contributed by atoms with E-state index < -0.39 is 0 Å². The van der Waals surface area contributed by atoms with Crippen LogP contribution >= 0.6 is 0 Å². The van der Waals surface area contributed by atoms with Gasteiger partial charge in [-0.25, -0.2) is 9.97 Å². The number of aromatic nitrogens is 4. The summed E-state index contributed by atoms with van der Waals surface area (Å²) in [6.45, 7) is 6.01. The zero-order valence-corrected chi connectivity index (χ0v) is 17.3. The first-order valence-corrected chi connectivity index (χ1v) is 10.3. The Morgan fingerprint density at radius 1 is 1.13 bits per heavy atom. The van der Waals surface area contributed by atoms with Crippen molar-refractivity contribution in [2.75, 3.05) is 25.0 Å². The number of benzene rings is 1. The minimum atomic E-state index is 0.0108. The number of fused-ring (bicyclic) bond motifs is 7. The van der Waals surface area contributed by atoms with Gasteiger partial charge in [0, 0.05) is 43.3 Å². The Hall–Kier alpha value is -3.65. The third-order valence-electron chi connectivity index (χ3n) is 4.93. The summed E-state index contributed by atoms with van der Waals surface area (Å²) in [6, 6.07) is 10.0. The third kappa shape index (κ3) is 5.70. The van der Waals surface area contributed by atoms with Gasteiger partial charge < -0.3 is 10.6 Å². The smallest absolute Gasteiger partial charge is 0.234 e. The van der Waals surface area contributed by atoms with Crippen molar-refractivity contribution in [3.05, 3.63) is 72.8 Å². The molecule has 1 amide bonds. The number of anilines is 2. The highest BCUT2D eigenvalue weighted by Gasteiger charge is 2.12. The summed E-state index contributed by atoms with van der Waals surface area (Å²) < 4.78 is 0. The van der Waals surface area contributed by atoms with Crippen molar-refractivity contribution in [2.24, 2.45) is 0 Å². The number of hydrogen-bond donors (Lipinski definition) is 2. The molecule has 8 heteroatoms. The lowest BCUT2D eigenvalue weighted by molar-refractivity contribution is -0.122. The number of nitrogens with one attached hydrogen (secondary N) is 2. The van der Waals surface area contributed by atoms with Gasteiger partial charge in [0.1, 0.15) is 6.33 Å². The molecule has 1 aliphatic heterocycles. The van der Waals surface area contributed by atoms with Gasteiger partial charge >= 0.3 is 0 Å². The van der Waals surface area contributed by atoms with Crippen molar-refractivity contribution in [1.29, 1.82) is 0 Å². The molecule has 158 valence electrons. The van der Waals surface area contributed by atoms with E-state index in [1.165, 1.54) is 6.33 Å². The third-order valence-corrected chi connectivity index (χ3v) is 4.93. The molecule has 3 aromatic rings. The Balaban J connectivity index is 1.66. The summed E-state index contributed by atoms with van der Waals surface area (Å²) in [6.07, 6.45) is 8.52. The second-order valence-corrected chi connectivity index (χ2v) is 7.45. The van der Waals surface area contributed by atoms with Gasteiger partial charge in [-0.3, -0.25) is 14.7 Å². The van der Waals surface area contributed by atoms with E-state index in [-0.39, 0.29) is 5.91 Å². The lowest BCUT2D eigenvalue weighted by Crippen LogP contribution is -2.37. The van der Waals surface area contributed by atoms with Crippen LogP contribution in [-0.2, 0) is 17.8 Å². The molecule has 31 heavy (non-hydrogen) atoms. The van der Waals surface area contributed by atoms with Crippen molar-refractivity contribution in [1.82, 2.24) is 30.2 Å². The summed E-state index contributed by atoms with van der Waals surface area (Å²) in [4.78, 5) is 32.0. The van der Waals surface area contributed by atoms with E-state index in [1.807, 2.05) is 42.6 Å². The molecule has 0 fully saturated rings. The molecule has 1 aromatic carbocycles. The van der Waals surface area contributed by atoms with Crippen molar-refractivity contribution < 1.29 is 4.79 Å². The summed E-state index contributed by atoms with van der Waals surface area (Å²) in [5.74, 6) is 1.04. The first kappa shape index (κ1) is 20.6. The van der Waals surface area contributed by atoms with Gasteiger partial charge in [0.25, 0.3) is 0 Å². The molecule has 2 aromatic heterocycles. The van der Waals surface area contributed by atoms with Gasteiger partial charge in [0.15, 0.2) is 5.82 Å². The van der Waals surface area contributed by atoms with Gasteiger partial charge in [0.2, 0.25) is 11.9 Å². The molecule has 0 radical (unpaired) electrons. The molecule has 1 aliphatic rings. The largest absolute Gasteiger partial charge is 0.355 e. The highest BCUT2D eigenvalue weighted by molar-refractivity contribution is 5.78. The Labute approximate surface area is 181 Å². The van der Waals surface area contributed by atoms with Crippen LogP contribution in [0.4, 0.5) is 11.6 Å². The topological polar surface area (TPSA) is 95.9 Å². The van der Waals surface area contributed by atoms with Crippen molar-refractivity contribution >= 4 is 17.5 Å². The fraction of sp³-hybridized carbons (Fsp3) is 0.261. The van der Waals surface area contributed by atoms with E-state index in [1.54, 1.807) is 6.20 Å². The normalized spacial score (nSPS) is 15.2. The Morgan fingerprint density at radius 3 is 2.97 bits per heavy atom. The lowest BCUT2D eigenvalue weighted by atomic mass is 10.1. The second kappa shape index (κ2) is 9.90. The van der Waals surface area contributed by atoms with Crippen LogP contribution < -0.4 is 10.6 Å². The SMILES string of the molecule is C=CCN1CC(=O)NCCCc2cncc(c2)-c2ncnc(n2)Nc2cccc(c2)C1. The highest BCUT2D eigenvalue weighted by Crippen LogP contribution is 2.20. The summed E-state index contributed by atoms with van der Waals surface area (Å²) >= 11 is 0. The molecule has 0 atom stereocenters. The number of amides is 1. The summed E-state index contributed by atoms with van der Waals surface area (Å²) in [5.41, 5.74) is 3.85. The van der Waals surface area contributed by atoms with Gasteiger partial charge in [0.05, 0.1) is 6.54 Å². The van der Waals surface area contributed by atoms with E-state index in [0.29, 0.717) is 38.0 Å². The molecule has 0 unspecified atom stereocenters. The molecule has 0 saturated carbocycles. The quantitative estimate of drug-likeness (QED) is 0.621. The van der Waals surface area contributed by atoms with Crippen LogP contribution in [0.25, 0.3) is 11.4 Å². The average Bonchev–Trinajstić information content (AvgIpc) is 2.77. The Kier molecular flexibility index (Phi) is 6.59. The molecular weight excluding hydrogens is 390 g/mol. The maximum atomic E-state index is 12.4. The number of carbonyl (C=O) groups is 1. The van der Waals surface area contributed by atoms with Crippen LogP contribution in [0, 0.1) is 0 Å². The molecule has 0 spiro atoms. The van der Waals surface area contributed by atoms with Gasteiger partial charge in [-0.05, 0) is 42.2 Å². The predicted molar refractivity (Wildman–Crippen MR) is 120 cm³/mol. The van der Waals surface area contributed by atoms with Gasteiger partial charge in [-0.2, -0.15) is 4.98 Å². The van der Waals surface area contributed by atoms with Crippen LogP contribution in [0.2, 0.25) is 0 Å². The number of carbonyl (C=O) groups excluding carboxylic acids is 1. The average molecular weight is 416 g/mol. The standard InChI is InChI=1S/C23H25N7O/c1-2-9-30-14-18-5-3-7-20(11-18)28-23-27-16-26-22(29-23)19-10-17(12-24-13-19)6-4-8-25-21(31)15-30/h2-3,5,7,10-13,16H,1,4,6,8-9,14-15H2,(H,25,31)(H,26,27,28,29). The maximum Gasteiger partial charge on any atom is 0.234 e. The number of aryl methyl sites for hydroxylation is 1. The Morgan fingerprint density at radius 2 is 2.06 bits per heavy atom. The molecule has 0 saturated heterocycles. The van der Waals surface area contributed by atoms with Crippen LogP contribution in [0.5, 0.6) is 0 Å². The zero-order valence-electron chi connectivity index (χ0n) is 17.3. The summed E-state index contributed by atoms with van der Waals surface area (Å²) in [7, 11) is 0. The van der Waals surface area contributed by atoms with Gasteiger partial charge in [-0.1, -0.05) is 18.2 Å². The molecule has 0 aliphatic carbocycles. The van der Waals surface area contributed by atoms with E-state index >= 15 is 0 Å². The number of hydrogen-bond acceptors (Lipinski definition) is 7. The molecule has 8 nitrogen and oxygen atoms in total. The monoisotopic (exact) mass is 415 g/mol.